The van der Waals surface area contributed by atoms with Gasteiger partial charge in [-0.3, -0.25) is 0 Å². The minimum absolute atomic E-state index is 0.193. The van der Waals surface area contributed by atoms with Crippen molar-refractivity contribution < 1.29 is 19.0 Å². The molecule has 3 nitrogen and oxygen atoms in total. The maximum absolute atomic E-state index is 14.1. The van der Waals surface area contributed by atoms with Crippen molar-refractivity contribution in [1.82, 2.24) is 0 Å². The van der Waals surface area contributed by atoms with E-state index in [0.717, 1.165) is 0 Å². The molecule has 4 heteroatoms. The summed E-state index contributed by atoms with van der Waals surface area (Å²) >= 11 is 0. The molecule has 1 saturated carbocycles. The van der Waals surface area contributed by atoms with E-state index in [1.807, 2.05) is 0 Å². The highest BCUT2D eigenvalue weighted by molar-refractivity contribution is 5.45. The molecular formula is C12H15FO3. The molecule has 0 aliphatic heterocycles. The SMILES string of the molecule is COCc1ccc(OC)c(C2(O)CC2)c1F. The minimum Gasteiger partial charge on any atom is -0.496 e. The lowest BCUT2D eigenvalue weighted by molar-refractivity contribution is 0.140. The zero-order valence-electron chi connectivity index (χ0n) is 9.42. The second kappa shape index (κ2) is 4.03. The van der Waals surface area contributed by atoms with Crippen molar-refractivity contribution in [1.29, 1.82) is 0 Å². The molecule has 0 spiro atoms. The Morgan fingerprint density at radius 3 is 2.56 bits per heavy atom. The Morgan fingerprint density at radius 2 is 2.06 bits per heavy atom. The van der Waals surface area contributed by atoms with E-state index in [4.69, 9.17) is 9.47 Å². The van der Waals surface area contributed by atoms with Crippen molar-refractivity contribution in [3.8, 4) is 5.75 Å². The smallest absolute Gasteiger partial charge is 0.138 e. The lowest BCUT2D eigenvalue weighted by Crippen LogP contribution is -2.12. The summed E-state index contributed by atoms with van der Waals surface area (Å²) < 4.78 is 24.1. The second-order valence-electron chi connectivity index (χ2n) is 4.08. The van der Waals surface area contributed by atoms with Crippen LogP contribution in [0.1, 0.15) is 24.0 Å². The van der Waals surface area contributed by atoms with E-state index in [1.165, 1.54) is 14.2 Å². The van der Waals surface area contributed by atoms with Crippen molar-refractivity contribution in [3.05, 3.63) is 29.1 Å². The van der Waals surface area contributed by atoms with Crippen LogP contribution in [0.3, 0.4) is 0 Å². The van der Waals surface area contributed by atoms with Crippen LogP contribution in [0.25, 0.3) is 0 Å². The van der Waals surface area contributed by atoms with Crippen LogP contribution in [0.2, 0.25) is 0 Å². The molecular weight excluding hydrogens is 211 g/mol. The van der Waals surface area contributed by atoms with Crippen LogP contribution in [0.4, 0.5) is 4.39 Å². The maximum atomic E-state index is 14.1. The van der Waals surface area contributed by atoms with Gasteiger partial charge in [-0.25, -0.2) is 4.39 Å². The summed E-state index contributed by atoms with van der Waals surface area (Å²) in [7, 11) is 2.98. The molecule has 1 aromatic carbocycles. The molecule has 0 saturated heterocycles. The molecule has 1 N–H and O–H groups in total. The Kier molecular flexibility index (Phi) is 2.86. The number of methoxy groups -OCH3 is 2. The van der Waals surface area contributed by atoms with Gasteiger partial charge in [0.05, 0.1) is 24.9 Å². The molecule has 0 atom stereocenters. The second-order valence-corrected chi connectivity index (χ2v) is 4.08. The lowest BCUT2D eigenvalue weighted by atomic mass is 10.0. The monoisotopic (exact) mass is 226 g/mol. The van der Waals surface area contributed by atoms with E-state index in [0.29, 0.717) is 24.2 Å². The van der Waals surface area contributed by atoms with Crippen LogP contribution < -0.4 is 4.74 Å². The van der Waals surface area contributed by atoms with E-state index in [9.17, 15) is 9.50 Å². The first-order valence-electron chi connectivity index (χ1n) is 5.19. The number of aliphatic hydroxyl groups is 1. The molecule has 1 aliphatic carbocycles. The minimum atomic E-state index is -1.04. The number of halogens is 1. The summed E-state index contributed by atoms with van der Waals surface area (Å²) in [6, 6.07) is 3.29. The van der Waals surface area contributed by atoms with Gasteiger partial charge in [-0.1, -0.05) is 6.07 Å². The fourth-order valence-corrected chi connectivity index (χ4v) is 1.84. The number of rotatable bonds is 4. The van der Waals surface area contributed by atoms with Crippen LogP contribution in [-0.4, -0.2) is 19.3 Å². The standard InChI is InChI=1S/C12H15FO3/c1-15-7-8-3-4-9(16-2)10(11(8)13)12(14)5-6-12/h3-4,14H,5-7H2,1-2H3. The van der Waals surface area contributed by atoms with Gasteiger partial charge in [0.2, 0.25) is 0 Å². The van der Waals surface area contributed by atoms with E-state index in [-0.39, 0.29) is 12.2 Å². The van der Waals surface area contributed by atoms with Gasteiger partial charge in [0.1, 0.15) is 11.6 Å². The van der Waals surface area contributed by atoms with Gasteiger partial charge >= 0.3 is 0 Å². The highest BCUT2D eigenvalue weighted by Gasteiger charge is 2.46. The molecule has 0 unspecified atom stereocenters. The summed E-state index contributed by atoms with van der Waals surface area (Å²) in [4.78, 5) is 0. The number of ether oxygens (including phenoxy) is 2. The molecule has 88 valence electrons. The van der Waals surface area contributed by atoms with Crippen LogP contribution in [0, 0.1) is 5.82 Å². The molecule has 0 radical (unpaired) electrons. The molecule has 1 aromatic rings. The van der Waals surface area contributed by atoms with E-state index in [2.05, 4.69) is 0 Å². The summed E-state index contributed by atoms with van der Waals surface area (Å²) in [6.45, 7) is 0.193. The number of benzene rings is 1. The van der Waals surface area contributed by atoms with Crippen molar-refractivity contribution in [3.63, 3.8) is 0 Å². The van der Waals surface area contributed by atoms with Gasteiger partial charge < -0.3 is 14.6 Å². The Labute approximate surface area is 93.8 Å². The topological polar surface area (TPSA) is 38.7 Å². The summed E-state index contributed by atoms with van der Waals surface area (Å²) in [5.41, 5.74) is -0.331. The Hall–Kier alpha value is -1.13. The van der Waals surface area contributed by atoms with Crippen LogP contribution in [0.5, 0.6) is 5.75 Å². The molecule has 0 bridgehead atoms. The van der Waals surface area contributed by atoms with Gasteiger partial charge in [-0.15, -0.1) is 0 Å². The first kappa shape index (κ1) is 11.4. The Balaban J connectivity index is 2.49. The summed E-state index contributed by atoms with van der Waals surface area (Å²) in [5.74, 6) is -0.0152. The van der Waals surface area contributed by atoms with Crippen LogP contribution >= 0.6 is 0 Å². The van der Waals surface area contributed by atoms with E-state index in [1.54, 1.807) is 12.1 Å². The zero-order chi connectivity index (χ0) is 11.8. The third kappa shape index (κ3) is 1.79. The van der Waals surface area contributed by atoms with Crippen LogP contribution in [-0.2, 0) is 16.9 Å². The highest BCUT2D eigenvalue weighted by atomic mass is 19.1. The van der Waals surface area contributed by atoms with Gasteiger partial charge in [0.25, 0.3) is 0 Å². The van der Waals surface area contributed by atoms with Crippen LogP contribution in [0.15, 0.2) is 12.1 Å². The number of hydrogen-bond donors (Lipinski definition) is 1. The van der Waals surface area contributed by atoms with Gasteiger partial charge in [-0.05, 0) is 18.9 Å². The first-order chi connectivity index (χ1) is 7.62. The average Bonchev–Trinajstić information content (AvgIpc) is 3.00. The molecule has 16 heavy (non-hydrogen) atoms. The van der Waals surface area contributed by atoms with Gasteiger partial charge in [0, 0.05) is 12.7 Å². The first-order valence-corrected chi connectivity index (χ1v) is 5.19. The van der Waals surface area contributed by atoms with Crippen molar-refractivity contribution in [2.24, 2.45) is 0 Å². The fraction of sp³-hybridized carbons (Fsp3) is 0.500. The van der Waals surface area contributed by atoms with E-state index < -0.39 is 11.4 Å². The number of hydrogen-bond acceptors (Lipinski definition) is 3. The predicted molar refractivity (Wildman–Crippen MR) is 56.8 cm³/mol. The molecule has 1 aliphatic rings. The highest BCUT2D eigenvalue weighted by Crippen LogP contribution is 2.50. The Morgan fingerprint density at radius 1 is 1.38 bits per heavy atom. The zero-order valence-corrected chi connectivity index (χ0v) is 9.42. The molecule has 1 fully saturated rings. The fourth-order valence-electron chi connectivity index (χ4n) is 1.84. The van der Waals surface area contributed by atoms with Crippen molar-refractivity contribution in [2.45, 2.75) is 25.0 Å². The summed E-state index contributed by atoms with van der Waals surface area (Å²) in [6.07, 6.45) is 1.16. The third-order valence-electron chi connectivity index (χ3n) is 2.89. The quantitative estimate of drug-likeness (QED) is 0.853. The Bertz CT molecular complexity index is 399. The largest absolute Gasteiger partial charge is 0.496 e. The predicted octanol–water partition coefficient (Wildman–Crippen LogP) is 1.96. The molecule has 0 aromatic heterocycles. The van der Waals surface area contributed by atoms with Crippen molar-refractivity contribution in [2.75, 3.05) is 14.2 Å². The third-order valence-corrected chi connectivity index (χ3v) is 2.89. The molecule has 0 amide bonds. The normalized spacial score (nSPS) is 17.2. The molecule has 0 heterocycles. The van der Waals surface area contributed by atoms with E-state index >= 15 is 0 Å². The maximum Gasteiger partial charge on any atom is 0.138 e. The van der Waals surface area contributed by atoms with Crippen molar-refractivity contribution >= 4 is 0 Å². The van der Waals surface area contributed by atoms with Gasteiger partial charge in [0.15, 0.2) is 0 Å². The van der Waals surface area contributed by atoms with Gasteiger partial charge in [-0.2, -0.15) is 0 Å². The average molecular weight is 226 g/mol. The molecule has 2 rings (SSSR count). The lowest BCUT2D eigenvalue weighted by Gasteiger charge is -2.16. The summed E-state index contributed by atoms with van der Waals surface area (Å²) in [5, 5.41) is 10.0.